The molecule has 3 aromatic rings. The predicted molar refractivity (Wildman–Crippen MR) is 128 cm³/mol. The van der Waals surface area contributed by atoms with E-state index in [1.165, 1.54) is 12.3 Å². The first-order valence-electron chi connectivity index (χ1n) is 11.1. The maximum Gasteiger partial charge on any atom is 0.308 e. The topological polar surface area (TPSA) is 104 Å². The molecule has 13 heteroatoms. The fourth-order valence-corrected chi connectivity index (χ4v) is 3.84. The third-order valence-corrected chi connectivity index (χ3v) is 5.89. The molecule has 1 N–H and O–H groups in total. The Bertz CT molecular complexity index is 1440. The van der Waals surface area contributed by atoms with Crippen LogP contribution in [-0.4, -0.2) is 42.0 Å². The van der Waals surface area contributed by atoms with Gasteiger partial charge in [-0.3, -0.25) is 19.2 Å². The summed E-state index contributed by atoms with van der Waals surface area (Å²) in [5.41, 5.74) is -0.537. The Kier molecular flexibility index (Phi) is 9.10. The molecule has 202 valence electrons. The van der Waals surface area contributed by atoms with Crippen molar-refractivity contribution in [1.82, 2.24) is 9.88 Å². The number of ketones is 1. The van der Waals surface area contributed by atoms with E-state index in [4.69, 9.17) is 11.6 Å². The molecule has 38 heavy (non-hydrogen) atoms. The van der Waals surface area contributed by atoms with E-state index in [9.17, 15) is 36.7 Å². The number of carbonyl (C=O) groups is 3. The fraction of sp³-hybridized carbons (Fsp3) is 0.280. The number of amides is 1. The van der Waals surface area contributed by atoms with Crippen LogP contribution in [0.25, 0.3) is 10.8 Å². The van der Waals surface area contributed by atoms with E-state index in [2.05, 4.69) is 14.8 Å². The molecule has 0 bridgehead atoms. The van der Waals surface area contributed by atoms with Gasteiger partial charge in [0.2, 0.25) is 17.5 Å². The average molecular weight is 557 g/mol. The van der Waals surface area contributed by atoms with E-state index < -0.39 is 77.3 Å². The maximum absolute atomic E-state index is 13.9. The number of hydrogen-bond acceptors (Lipinski definition) is 6. The Morgan fingerprint density at radius 3 is 2.32 bits per heavy atom. The lowest BCUT2D eigenvalue weighted by molar-refractivity contribution is -0.143. The molecule has 0 saturated heterocycles. The molecule has 0 radical (unpaired) electrons. The number of ether oxygens (including phenoxy) is 2. The zero-order valence-corrected chi connectivity index (χ0v) is 20.8. The van der Waals surface area contributed by atoms with Crippen molar-refractivity contribution in [1.29, 1.82) is 0 Å². The highest BCUT2D eigenvalue weighted by Gasteiger charge is 2.30. The summed E-state index contributed by atoms with van der Waals surface area (Å²) in [6.07, 6.45) is 0.772. The molecule has 2 atom stereocenters. The van der Waals surface area contributed by atoms with Gasteiger partial charge in [-0.1, -0.05) is 24.6 Å². The van der Waals surface area contributed by atoms with Crippen LogP contribution in [0, 0.1) is 23.3 Å². The summed E-state index contributed by atoms with van der Waals surface area (Å²) in [7, 11) is 1.02. The second-order valence-corrected chi connectivity index (χ2v) is 8.51. The Hall–Kier alpha value is -3.93. The smallest absolute Gasteiger partial charge is 0.308 e. The fourth-order valence-electron chi connectivity index (χ4n) is 3.67. The van der Waals surface area contributed by atoms with Crippen LogP contribution in [0.5, 0.6) is 5.75 Å². The highest BCUT2D eigenvalue weighted by molar-refractivity contribution is 6.31. The summed E-state index contributed by atoms with van der Waals surface area (Å²) >= 11 is 5.99. The maximum atomic E-state index is 13.9. The highest BCUT2D eigenvalue weighted by Crippen LogP contribution is 2.26. The molecular weight excluding hydrogens is 536 g/mol. The standard InChI is InChI=1S/C25H21ClF4N2O6/c1-3-18(32-7-6-12-4-5-13(26)8-14(12)25(32)36)24(35)31-17(10-20(34)37-2)19(33)11-38-23-21(29)15(27)9-16(28)22(23)30/h4-9,17-18H,3,10-11H2,1-2H3,(H,31,35). The number of halogens is 5. The van der Waals surface area contributed by atoms with Gasteiger partial charge >= 0.3 is 5.97 Å². The van der Waals surface area contributed by atoms with Crippen molar-refractivity contribution in [3.05, 3.63) is 75.2 Å². The van der Waals surface area contributed by atoms with Gasteiger partial charge in [0.15, 0.2) is 23.2 Å². The van der Waals surface area contributed by atoms with Crippen LogP contribution in [0.3, 0.4) is 0 Å². The molecule has 1 amide bonds. The van der Waals surface area contributed by atoms with Crippen molar-refractivity contribution in [3.8, 4) is 5.75 Å². The van der Waals surface area contributed by atoms with E-state index in [-0.39, 0.29) is 17.9 Å². The van der Waals surface area contributed by atoms with Gasteiger partial charge in [0.05, 0.1) is 13.5 Å². The monoisotopic (exact) mass is 556 g/mol. The third kappa shape index (κ3) is 6.13. The zero-order valence-electron chi connectivity index (χ0n) is 20.0. The minimum atomic E-state index is -1.87. The van der Waals surface area contributed by atoms with Gasteiger partial charge in [-0.2, -0.15) is 8.78 Å². The number of hydrogen-bond donors (Lipinski definition) is 1. The molecule has 1 aromatic heterocycles. The van der Waals surface area contributed by atoms with Gasteiger partial charge in [-0.15, -0.1) is 0 Å². The number of pyridine rings is 1. The number of aromatic nitrogens is 1. The quantitative estimate of drug-likeness (QED) is 0.231. The molecule has 0 spiro atoms. The summed E-state index contributed by atoms with van der Waals surface area (Å²) in [6.45, 7) is 0.438. The number of fused-ring (bicyclic) bond motifs is 1. The van der Waals surface area contributed by atoms with Crippen LogP contribution in [0.15, 0.2) is 41.3 Å². The van der Waals surface area contributed by atoms with E-state index in [1.807, 2.05) is 0 Å². The summed E-state index contributed by atoms with van der Waals surface area (Å²) in [6, 6.07) is 3.47. The lowest BCUT2D eigenvalue weighted by atomic mass is 10.1. The average Bonchev–Trinajstić information content (AvgIpc) is 2.88. The van der Waals surface area contributed by atoms with Crippen LogP contribution in [0.1, 0.15) is 25.8 Å². The number of rotatable bonds is 10. The van der Waals surface area contributed by atoms with E-state index in [0.29, 0.717) is 10.4 Å². The van der Waals surface area contributed by atoms with Crippen LogP contribution in [0.2, 0.25) is 5.02 Å². The van der Waals surface area contributed by atoms with Gasteiger partial charge in [-0.25, -0.2) is 8.78 Å². The number of nitrogens with zero attached hydrogens (tertiary/aromatic N) is 1. The van der Waals surface area contributed by atoms with Crippen molar-refractivity contribution in [2.75, 3.05) is 13.7 Å². The molecule has 0 fully saturated rings. The summed E-state index contributed by atoms with van der Waals surface area (Å²) in [4.78, 5) is 50.8. The van der Waals surface area contributed by atoms with Crippen LogP contribution < -0.4 is 15.6 Å². The summed E-state index contributed by atoms with van der Waals surface area (Å²) < 4.78 is 64.9. The molecule has 1 heterocycles. The molecule has 0 saturated carbocycles. The number of carbonyl (C=O) groups excluding carboxylic acids is 3. The zero-order chi connectivity index (χ0) is 28.1. The molecule has 0 aliphatic rings. The Morgan fingerprint density at radius 2 is 1.71 bits per heavy atom. The molecule has 2 aromatic carbocycles. The first kappa shape index (κ1) is 28.6. The van der Waals surface area contributed by atoms with Crippen molar-refractivity contribution in [3.63, 3.8) is 0 Å². The molecule has 0 aliphatic carbocycles. The second kappa shape index (κ2) is 12.1. The van der Waals surface area contributed by atoms with Gasteiger partial charge in [-0.05, 0) is 30.0 Å². The molecule has 0 aliphatic heterocycles. The van der Waals surface area contributed by atoms with Crippen LogP contribution in [0.4, 0.5) is 17.6 Å². The van der Waals surface area contributed by atoms with Crippen LogP contribution >= 0.6 is 11.6 Å². The lowest BCUT2D eigenvalue weighted by Crippen LogP contribution is -2.48. The Balaban J connectivity index is 1.85. The molecule has 2 unspecified atom stereocenters. The van der Waals surface area contributed by atoms with Crippen molar-refractivity contribution in [2.45, 2.75) is 31.8 Å². The largest absolute Gasteiger partial charge is 0.479 e. The molecular formula is C25H21ClF4N2O6. The number of Topliss-reactive ketones (excluding diaryl/α,β-unsaturated/α-hetero) is 1. The van der Waals surface area contributed by atoms with E-state index in [0.717, 1.165) is 11.7 Å². The Labute approximate surface area is 218 Å². The normalized spacial score (nSPS) is 12.6. The Morgan fingerprint density at radius 1 is 1.05 bits per heavy atom. The highest BCUT2D eigenvalue weighted by atomic mass is 35.5. The van der Waals surface area contributed by atoms with Crippen LogP contribution in [-0.2, 0) is 19.1 Å². The van der Waals surface area contributed by atoms with E-state index >= 15 is 0 Å². The second-order valence-electron chi connectivity index (χ2n) is 8.08. The van der Waals surface area contributed by atoms with Gasteiger partial charge in [0, 0.05) is 22.7 Å². The molecule has 3 rings (SSSR count). The number of nitrogens with one attached hydrogen (secondary N) is 1. The summed E-state index contributed by atoms with van der Waals surface area (Å²) in [5, 5.41) is 3.44. The number of benzene rings is 2. The molecule has 8 nitrogen and oxygen atoms in total. The minimum absolute atomic E-state index is 0.0345. The van der Waals surface area contributed by atoms with Crippen molar-refractivity contribution < 1.29 is 41.4 Å². The number of methoxy groups -OCH3 is 1. The predicted octanol–water partition coefficient (Wildman–Crippen LogP) is 3.86. The van der Waals surface area contributed by atoms with E-state index in [1.54, 1.807) is 25.1 Å². The van der Waals surface area contributed by atoms with Gasteiger partial charge in [0.25, 0.3) is 5.56 Å². The minimum Gasteiger partial charge on any atom is -0.479 e. The van der Waals surface area contributed by atoms with Crippen molar-refractivity contribution >= 4 is 40.0 Å². The summed E-state index contributed by atoms with van der Waals surface area (Å²) in [5.74, 6) is -11.6. The lowest BCUT2D eigenvalue weighted by Gasteiger charge is -2.22. The first-order valence-corrected chi connectivity index (χ1v) is 11.5. The number of esters is 1. The first-order chi connectivity index (χ1) is 18.0. The van der Waals surface area contributed by atoms with Crippen molar-refractivity contribution in [2.24, 2.45) is 0 Å². The third-order valence-electron chi connectivity index (χ3n) is 5.65. The van der Waals surface area contributed by atoms with Gasteiger partial charge in [0.1, 0.15) is 18.7 Å². The SMILES string of the molecule is CCC(C(=O)NC(CC(=O)OC)C(=O)COc1c(F)c(F)cc(F)c1F)n1ccc2ccc(Cl)cc2c1=O. The van der Waals surface area contributed by atoms with Gasteiger partial charge < -0.3 is 19.4 Å².